The molecule has 0 aromatic carbocycles. The van der Waals surface area contributed by atoms with Crippen molar-refractivity contribution >= 4 is 22.9 Å². The summed E-state index contributed by atoms with van der Waals surface area (Å²) < 4.78 is 0.893. The molecule has 1 aromatic heterocycles. The zero-order valence-corrected chi connectivity index (χ0v) is 13.9. The number of rotatable bonds is 4. The summed E-state index contributed by atoms with van der Waals surface area (Å²) in [6, 6.07) is 4.78. The van der Waals surface area contributed by atoms with Gasteiger partial charge in [-0.2, -0.15) is 0 Å². The SMILES string of the molecule is CCC1(C)CN(Cc2ccc(Cl)s2)C(C(C)C)CN1. The molecular weight excluding hydrogens is 276 g/mol. The smallest absolute Gasteiger partial charge is 0.0931 e. The molecular formula is C15H25ClN2S. The monoisotopic (exact) mass is 300 g/mol. The second-order valence-electron chi connectivity index (χ2n) is 6.22. The lowest BCUT2D eigenvalue weighted by Gasteiger charge is -2.47. The van der Waals surface area contributed by atoms with Gasteiger partial charge in [0.25, 0.3) is 0 Å². The van der Waals surface area contributed by atoms with Gasteiger partial charge in [0.2, 0.25) is 0 Å². The van der Waals surface area contributed by atoms with Crippen LogP contribution in [0.2, 0.25) is 4.34 Å². The summed E-state index contributed by atoms with van der Waals surface area (Å²) in [5.41, 5.74) is 0.243. The van der Waals surface area contributed by atoms with Gasteiger partial charge in [-0.25, -0.2) is 0 Å². The predicted octanol–water partition coefficient (Wildman–Crippen LogP) is 4.00. The Kier molecular flexibility index (Phi) is 4.93. The Hall–Kier alpha value is -0.0900. The van der Waals surface area contributed by atoms with Crippen LogP contribution in [0.3, 0.4) is 0 Å². The predicted molar refractivity (Wildman–Crippen MR) is 85.1 cm³/mol. The second kappa shape index (κ2) is 6.13. The van der Waals surface area contributed by atoms with Gasteiger partial charge >= 0.3 is 0 Å². The highest BCUT2D eigenvalue weighted by atomic mass is 35.5. The molecule has 1 fully saturated rings. The lowest BCUT2D eigenvalue weighted by atomic mass is 9.90. The second-order valence-corrected chi connectivity index (χ2v) is 8.02. The maximum atomic E-state index is 6.05. The normalized spacial score (nSPS) is 29.1. The summed E-state index contributed by atoms with van der Waals surface area (Å²) in [6.07, 6.45) is 1.17. The Morgan fingerprint density at radius 3 is 2.79 bits per heavy atom. The summed E-state index contributed by atoms with van der Waals surface area (Å²) in [5.74, 6) is 0.671. The molecule has 1 saturated heterocycles. The maximum Gasteiger partial charge on any atom is 0.0931 e. The molecule has 0 amide bonds. The van der Waals surface area contributed by atoms with E-state index in [0.29, 0.717) is 12.0 Å². The molecule has 2 unspecified atom stereocenters. The van der Waals surface area contributed by atoms with Crippen molar-refractivity contribution in [1.82, 2.24) is 10.2 Å². The first-order valence-electron chi connectivity index (χ1n) is 7.17. The fourth-order valence-electron chi connectivity index (χ4n) is 2.81. The van der Waals surface area contributed by atoms with Gasteiger partial charge < -0.3 is 5.32 Å². The molecule has 2 atom stereocenters. The molecule has 1 aliphatic heterocycles. The molecule has 0 aliphatic carbocycles. The molecule has 1 aromatic rings. The molecule has 0 bridgehead atoms. The molecule has 19 heavy (non-hydrogen) atoms. The molecule has 4 heteroatoms. The van der Waals surface area contributed by atoms with E-state index in [2.05, 4.69) is 44.0 Å². The number of hydrogen-bond acceptors (Lipinski definition) is 3. The van der Waals surface area contributed by atoms with Crippen LogP contribution in [0, 0.1) is 5.92 Å². The van der Waals surface area contributed by atoms with Gasteiger partial charge in [-0.05, 0) is 31.4 Å². The number of halogens is 1. The Morgan fingerprint density at radius 2 is 2.26 bits per heavy atom. The quantitative estimate of drug-likeness (QED) is 0.904. The molecule has 0 radical (unpaired) electrons. The van der Waals surface area contributed by atoms with Crippen LogP contribution in [-0.4, -0.2) is 29.6 Å². The van der Waals surface area contributed by atoms with Gasteiger partial charge in [-0.15, -0.1) is 11.3 Å². The number of nitrogens with zero attached hydrogens (tertiary/aromatic N) is 1. The minimum atomic E-state index is 0.243. The first-order valence-corrected chi connectivity index (χ1v) is 8.36. The van der Waals surface area contributed by atoms with E-state index in [1.165, 1.54) is 11.3 Å². The third-order valence-corrected chi connectivity index (χ3v) is 5.51. The summed E-state index contributed by atoms with van der Waals surface area (Å²) in [7, 11) is 0. The van der Waals surface area contributed by atoms with Crippen molar-refractivity contribution in [3.05, 3.63) is 21.3 Å². The summed E-state index contributed by atoms with van der Waals surface area (Å²) in [5, 5.41) is 3.73. The van der Waals surface area contributed by atoms with E-state index in [9.17, 15) is 0 Å². The summed E-state index contributed by atoms with van der Waals surface area (Å²) in [4.78, 5) is 4.00. The lowest BCUT2D eigenvalue weighted by molar-refractivity contribution is 0.0547. The van der Waals surface area contributed by atoms with Crippen molar-refractivity contribution in [1.29, 1.82) is 0 Å². The van der Waals surface area contributed by atoms with Crippen molar-refractivity contribution in [2.45, 2.75) is 52.2 Å². The third-order valence-electron chi connectivity index (χ3n) is 4.30. The molecule has 0 saturated carbocycles. The van der Waals surface area contributed by atoms with E-state index in [4.69, 9.17) is 11.6 Å². The molecule has 108 valence electrons. The third kappa shape index (κ3) is 3.72. The van der Waals surface area contributed by atoms with E-state index < -0.39 is 0 Å². The molecule has 2 rings (SSSR count). The topological polar surface area (TPSA) is 15.3 Å². The van der Waals surface area contributed by atoms with Crippen LogP contribution in [0.5, 0.6) is 0 Å². The van der Waals surface area contributed by atoms with E-state index in [1.54, 1.807) is 11.3 Å². The van der Waals surface area contributed by atoms with Crippen molar-refractivity contribution < 1.29 is 0 Å². The van der Waals surface area contributed by atoms with Gasteiger partial charge in [0.1, 0.15) is 0 Å². The van der Waals surface area contributed by atoms with Crippen LogP contribution in [-0.2, 0) is 6.54 Å². The van der Waals surface area contributed by atoms with E-state index in [1.807, 2.05) is 6.07 Å². The Bertz CT molecular complexity index is 418. The highest BCUT2D eigenvalue weighted by Crippen LogP contribution is 2.28. The van der Waals surface area contributed by atoms with Gasteiger partial charge in [0.05, 0.1) is 4.34 Å². The first kappa shape index (κ1) is 15.3. The van der Waals surface area contributed by atoms with Crippen LogP contribution >= 0.6 is 22.9 Å². The lowest BCUT2D eigenvalue weighted by Crippen LogP contribution is -2.63. The van der Waals surface area contributed by atoms with Crippen molar-refractivity contribution in [2.24, 2.45) is 5.92 Å². The highest BCUT2D eigenvalue weighted by molar-refractivity contribution is 7.16. The van der Waals surface area contributed by atoms with Crippen LogP contribution < -0.4 is 5.32 Å². The molecule has 2 heterocycles. The fraction of sp³-hybridized carbons (Fsp3) is 0.733. The number of piperazine rings is 1. The number of nitrogens with one attached hydrogen (secondary N) is 1. The number of thiophene rings is 1. The molecule has 0 spiro atoms. The van der Waals surface area contributed by atoms with Gasteiger partial charge in [-0.3, -0.25) is 4.90 Å². The fourth-order valence-corrected chi connectivity index (χ4v) is 3.92. The van der Waals surface area contributed by atoms with Crippen LogP contribution in [0.1, 0.15) is 39.0 Å². The summed E-state index contributed by atoms with van der Waals surface area (Å²) in [6.45, 7) is 12.5. The standard InChI is InChI=1S/C15H25ClN2S/c1-5-15(4)10-18(13(8-17-15)11(2)3)9-12-6-7-14(16)19-12/h6-7,11,13,17H,5,8-10H2,1-4H3. The first-order chi connectivity index (χ1) is 8.93. The van der Waals surface area contributed by atoms with Gasteiger partial charge in [0.15, 0.2) is 0 Å². The van der Waals surface area contributed by atoms with Crippen molar-refractivity contribution in [3.8, 4) is 0 Å². The summed E-state index contributed by atoms with van der Waals surface area (Å²) >= 11 is 7.75. The number of hydrogen-bond donors (Lipinski definition) is 1. The molecule has 1 N–H and O–H groups in total. The van der Waals surface area contributed by atoms with Crippen LogP contribution in [0.15, 0.2) is 12.1 Å². The minimum absolute atomic E-state index is 0.243. The van der Waals surface area contributed by atoms with Crippen LogP contribution in [0.25, 0.3) is 0 Å². The Balaban J connectivity index is 2.11. The zero-order chi connectivity index (χ0) is 14.0. The Labute approximate surface area is 126 Å². The zero-order valence-electron chi connectivity index (χ0n) is 12.4. The average Bonchev–Trinajstić information content (AvgIpc) is 2.74. The molecule has 2 nitrogen and oxygen atoms in total. The van der Waals surface area contributed by atoms with E-state index >= 15 is 0 Å². The average molecular weight is 301 g/mol. The van der Waals surface area contributed by atoms with E-state index in [-0.39, 0.29) is 5.54 Å². The largest absolute Gasteiger partial charge is 0.309 e. The van der Waals surface area contributed by atoms with Gasteiger partial charge in [-0.1, -0.05) is 32.4 Å². The van der Waals surface area contributed by atoms with Crippen molar-refractivity contribution in [2.75, 3.05) is 13.1 Å². The van der Waals surface area contributed by atoms with E-state index in [0.717, 1.165) is 24.0 Å². The maximum absolute atomic E-state index is 6.05. The Morgan fingerprint density at radius 1 is 1.53 bits per heavy atom. The minimum Gasteiger partial charge on any atom is -0.309 e. The van der Waals surface area contributed by atoms with Crippen LogP contribution in [0.4, 0.5) is 0 Å². The highest BCUT2D eigenvalue weighted by Gasteiger charge is 2.35. The van der Waals surface area contributed by atoms with Crippen molar-refractivity contribution in [3.63, 3.8) is 0 Å². The molecule has 1 aliphatic rings. The van der Waals surface area contributed by atoms with Gasteiger partial charge in [0, 0.05) is 36.1 Å².